The lowest BCUT2D eigenvalue weighted by Crippen LogP contribution is -2.29. The van der Waals surface area contributed by atoms with E-state index in [1.54, 1.807) is 35.0 Å². The van der Waals surface area contributed by atoms with E-state index in [2.05, 4.69) is 25.3 Å². The minimum atomic E-state index is -3.67. The van der Waals surface area contributed by atoms with E-state index < -0.39 is 10.0 Å². The van der Waals surface area contributed by atoms with Crippen LogP contribution in [-0.4, -0.2) is 48.6 Å². The standard InChI is InChI=1S/C18H22N6O3S/c1-13-12-14(2)24(23-13)18-9-8-17(21-22-18)19-10-11-20-28(25,26)16-7-5-4-6-15(16)27-3/h4-9,12,20H,10-11H2,1-3H3,(H,19,21). The van der Waals surface area contributed by atoms with Crippen LogP contribution in [0.1, 0.15) is 11.4 Å². The Morgan fingerprint density at radius 3 is 2.50 bits per heavy atom. The highest BCUT2D eigenvalue weighted by atomic mass is 32.2. The van der Waals surface area contributed by atoms with Gasteiger partial charge in [0.2, 0.25) is 10.0 Å². The van der Waals surface area contributed by atoms with E-state index >= 15 is 0 Å². The highest BCUT2D eigenvalue weighted by Gasteiger charge is 2.18. The van der Waals surface area contributed by atoms with Crippen molar-refractivity contribution in [3.05, 3.63) is 53.9 Å². The van der Waals surface area contributed by atoms with Crippen molar-refractivity contribution >= 4 is 15.8 Å². The molecule has 9 nitrogen and oxygen atoms in total. The molecule has 3 rings (SSSR count). The largest absolute Gasteiger partial charge is 0.495 e. The lowest BCUT2D eigenvalue weighted by Gasteiger charge is -2.11. The topological polar surface area (TPSA) is 111 Å². The van der Waals surface area contributed by atoms with E-state index in [4.69, 9.17) is 4.74 Å². The van der Waals surface area contributed by atoms with Gasteiger partial charge in [0.1, 0.15) is 16.5 Å². The molecule has 0 saturated heterocycles. The molecule has 0 aliphatic rings. The zero-order valence-electron chi connectivity index (χ0n) is 15.9. The van der Waals surface area contributed by atoms with Gasteiger partial charge in [0.15, 0.2) is 5.82 Å². The molecule has 0 fully saturated rings. The molecule has 0 amide bonds. The molecule has 0 bridgehead atoms. The van der Waals surface area contributed by atoms with Gasteiger partial charge >= 0.3 is 0 Å². The number of methoxy groups -OCH3 is 1. The Kier molecular flexibility index (Phi) is 5.90. The summed E-state index contributed by atoms with van der Waals surface area (Å²) >= 11 is 0. The van der Waals surface area contributed by atoms with Crippen LogP contribution in [-0.2, 0) is 10.0 Å². The van der Waals surface area contributed by atoms with E-state index in [0.717, 1.165) is 11.4 Å². The van der Waals surface area contributed by atoms with Gasteiger partial charge in [-0.15, -0.1) is 10.2 Å². The van der Waals surface area contributed by atoms with E-state index in [-0.39, 0.29) is 11.4 Å². The molecule has 148 valence electrons. The average molecular weight is 402 g/mol. The summed E-state index contributed by atoms with van der Waals surface area (Å²) in [5.41, 5.74) is 1.88. The molecule has 2 heterocycles. The quantitative estimate of drug-likeness (QED) is 0.552. The number of anilines is 1. The number of para-hydroxylation sites is 1. The van der Waals surface area contributed by atoms with Gasteiger partial charge in [-0.25, -0.2) is 17.8 Å². The van der Waals surface area contributed by atoms with Crippen molar-refractivity contribution in [2.75, 3.05) is 25.5 Å². The van der Waals surface area contributed by atoms with Crippen LogP contribution in [0.15, 0.2) is 47.4 Å². The smallest absolute Gasteiger partial charge is 0.244 e. The Morgan fingerprint density at radius 1 is 1.07 bits per heavy atom. The van der Waals surface area contributed by atoms with E-state index in [1.807, 2.05) is 19.9 Å². The van der Waals surface area contributed by atoms with E-state index in [9.17, 15) is 8.42 Å². The summed E-state index contributed by atoms with van der Waals surface area (Å²) in [6.07, 6.45) is 0. The molecule has 0 atom stereocenters. The minimum Gasteiger partial charge on any atom is -0.495 e. The number of ether oxygens (including phenoxy) is 1. The van der Waals surface area contributed by atoms with Crippen molar-refractivity contribution in [2.45, 2.75) is 18.7 Å². The van der Waals surface area contributed by atoms with Gasteiger partial charge < -0.3 is 10.1 Å². The number of hydrogen-bond donors (Lipinski definition) is 2. The second-order valence-electron chi connectivity index (χ2n) is 6.09. The second kappa shape index (κ2) is 8.36. The molecule has 2 aromatic heterocycles. The number of aromatic nitrogens is 4. The number of aryl methyl sites for hydroxylation is 2. The van der Waals surface area contributed by atoms with Crippen LogP contribution < -0.4 is 14.8 Å². The fourth-order valence-electron chi connectivity index (χ4n) is 2.69. The highest BCUT2D eigenvalue weighted by Crippen LogP contribution is 2.22. The van der Waals surface area contributed by atoms with Crippen molar-refractivity contribution in [3.8, 4) is 11.6 Å². The molecule has 0 saturated carbocycles. The molecular weight excluding hydrogens is 380 g/mol. The summed E-state index contributed by atoms with van der Waals surface area (Å²) in [5.74, 6) is 1.46. The predicted octanol–water partition coefficient (Wildman–Crippen LogP) is 1.68. The number of hydrogen-bond acceptors (Lipinski definition) is 7. The minimum absolute atomic E-state index is 0.103. The van der Waals surface area contributed by atoms with Crippen molar-refractivity contribution < 1.29 is 13.2 Å². The van der Waals surface area contributed by atoms with Crippen LogP contribution in [0.25, 0.3) is 5.82 Å². The lowest BCUT2D eigenvalue weighted by molar-refractivity contribution is 0.402. The first-order chi connectivity index (χ1) is 13.4. The summed E-state index contributed by atoms with van der Waals surface area (Å²) in [5, 5.41) is 15.7. The number of rotatable bonds is 8. The molecule has 0 aliphatic heterocycles. The molecule has 0 unspecified atom stereocenters. The highest BCUT2D eigenvalue weighted by molar-refractivity contribution is 7.89. The Balaban J connectivity index is 1.56. The number of benzene rings is 1. The number of nitrogens with zero attached hydrogens (tertiary/aromatic N) is 4. The van der Waals surface area contributed by atoms with Crippen molar-refractivity contribution in [2.24, 2.45) is 0 Å². The van der Waals surface area contributed by atoms with E-state index in [1.165, 1.54) is 13.2 Å². The average Bonchev–Trinajstić information content (AvgIpc) is 3.03. The zero-order valence-corrected chi connectivity index (χ0v) is 16.7. The third kappa shape index (κ3) is 4.46. The fraction of sp³-hybridized carbons (Fsp3) is 0.278. The van der Waals surface area contributed by atoms with Crippen molar-refractivity contribution in [1.29, 1.82) is 0 Å². The summed E-state index contributed by atoms with van der Waals surface area (Å²) in [7, 11) is -2.23. The molecular formula is C18H22N6O3S. The van der Waals surface area contributed by atoms with Gasteiger partial charge in [-0.05, 0) is 44.2 Å². The molecule has 28 heavy (non-hydrogen) atoms. The Morgan fingerprint density at radius 2 is 1.86 bits per heavy atom. The van der Waals surface area contributed by atoms with Gasteiger partial charge in [-0.1, -0.05) is 12.1 Å². The van der Waals surface area contributed by atoms with Crippen LogP contribution in [0, 0.1) is 13.8 Å². The molecule has 2 N–H and O–H groups in total. The fourth-order valence-corrected chi connectivity index (χ4v) is 3.89. The van der Waals surface area contributed by atoms with Crippen LogP contribution in [0.2, 0.25) is 0 Å². The molecule has 0 spiro atoms. The van der Waals surface area contributed by atoms with Gasteiger partial charge in [0, 0.05) is 18.8 Å². The summed E-state index contributed by atoms with van der Waals surface area (Å²) in [4.78, 5) is 0.103. The van der Waals surface area contributed by atoms with Gasteiger partial charge in [0.25, 0.3) is 0 Å². The zero-order chi connectivity index (χ0) is 20.1. The van der Waals surface area contributed by atoms with Crippen molar-refractivity contribution in [3.63, 3.8) is 0 Å². The maximum atomic E-state index is 12.4. The monoisotopic (exact) mass is 402 g/mol. The number of sulfonamides is 1. The van der Waals surface area contributed by atoms with Crippen LogP contribution in [0.3, 0.4) is 0 Å². The maximum Gasteiger partial charge on any atom is 0.244 e. The van der Waals surface area contributed by atoms with Crippen LogP contribution >= 0.6 is 0 Å². The van der Waals surface area contributed by atoms with Crippen LogP contribution in [0.5, 0.6) is 5.75 Å². The Labute approximate surface area is 163 Å². The first-order valence-corrected chi connectivity index (χ1v) is 10.1. The third-order valence-electron chi connectivity index (χ3n) is 3.96. The number of nitrogens with one attached hydrogen (secondary N) is 2. The summed E-state index contributed by atoms with van der Waals surface area (Å²) in [6, 6.07) is 12.0. The van der Waals surface area contributed by atoms with Gasteiger partial charge in [-0.3, -0.25) is 0 Å². The van der Waals surface area contributed by atoms with Gasteiger partial charge in [-0.2, -0.15) is 5.10 Å². The second-order valence-corrected chi connectivity index (χ2v) is 7.83. The molecule has 10 heteroatoms. The molecule has 1 aromatic carbocycles. The molecule has 3 aromatic rings. The summed E-state index contributed by atoms with van der Waals surface area (Å²) in [6.45, 7) is 4.39. The first-order valence-electron chi connectivity index (χ1n) is 8.64. The van der Waals surface area contributed by atoms with Crippen LogP contribution in [0.4, 0.5) is 5.82 Å². The Bertz CT molecular complexity index is 1050. The summed E-state index contributed by atoms with van der Waals surface area (Å²) < 4.78 is 34.2. The third-order valence-corrected chi connectivity index (χ3v) is 5.46. The molecule has 0 radical (unpaired) electrons. The maximum absolute atomic E-state index is 12.4. The normalized spacial score (nSPS) is 11.4. The van der Waals surface area contributed by atoms with Crippen molar-refractivity contribution in [1.82, 2.24) is 24.7 Å². The molecule has 0 aliphatic carbocycles. The van der Waals surface area contributed by atoms with E-state index in [0.29, 0.717) is 23.9 Å². The lowest BCUT2D eigenvalue weighted by atomic mass is 10.3. The first kappa shape index (κ1) is 19.8. The SMILES string of the molecule is COc1ccccc1S(=O)(=O)NCCNc1ccc(-n2nc(C)cc2C)nn1. The predicted molar refractivity (Wildman–Crippen MR) is 105 cm³/mol. The Hall–Kier alpha value is -2.98. The van der Waals surface area contributed by atoms with Gasteiger partial charge in [0.05, 0.1) is 12.8 Å².